The highest BCUT2D eigenvalue weighted by atomic mass is 32.2. The Hall–Kier alpha value is -3.65. The molecule has 7 nitrogen and oxygen atoms in total. The molecule has 0 amide bonds. The molecule has 0 aliphatic heterocycles. The average molecular weight is 484 g/mol. The van der Waals surface area contributed by atoms with Crippen molar-refractivity contribution < 1.29 is 31.5 Å². The third-order valence-electron chi connectivity index (χ3n) is 5.00. The summed E-state index contributed by atoms with van der Waals surface area (Å²) in [5, 5.41) is 0. The fourth-order valence-electron chi connectivity index (χ4n) is 3.19. The molecule has 0 aromatic heterocycles. The van der Waals surface area contributed by atoms with Crippen molar-refractivity contribution in [3.8, 4) is 28.7 Å². The fraction of sp³-hybridized carbons (Fsp3) is 0.192. The minimum absolute atomic E-state index is 0.0631. The standard InChI is InChI=1S/C26H27O7S/c1-18-9-12-21(13-10-18)34(27,28)33-26-15-19(11-14-23(26)30-3)7-6-8-22-24(31-4)16-20(29-2)17-25(22)32-5/h6-17H,1-5H3/b8-6+. The lowest BCUT2D eigenvalue weighted by Gasteiger charge is -2.13. The van der Waals surface area contributed by atoms with Gasteiger partial charge in [-0.1, -0.05) is 35.9 Å². The summed E-state index contributed by atoms with van der Waals surface area (Å²) in [6.45, 7) is 1.88. The van der Waals surface area contributed by atoms with E-state index < -0.39 is 10.1 Å². The molecule has 1 radical (unpaired) electrons. The zero-order valence-corrected chi connectivity index (χ0v) is 20.5. The molecule has 0 saturated carbocycles. The van der Waals surface area contributed by atoms with Gasteiger partial charge in [0.15, 0.2) is 11.5 Å². The highest BCUT2D eigenvalue weighted by Crippen LogP contribution is 2.36. The molecule has 0 atom stereocenters. The number of allylic oxidation sites excluding steroid dienone is 1. The highest BCUT2D eigenvalue weighted by Gasteiger charge is 2.19. The van der Waals surface area contributed by atoms with Gasteiger partial charge in [-0.2, -0.15) is 8.42 Å². The minimum atomic E-state index is -4.02. The Labute approximate surface area is 200 Å². The topological polar surface area (TPSA) is 80.3 Å². The van der Waals surface area contributed by atoms with Gasteiger partial charge < -0.3 is 23.1 Å². The van der Waals surface area contributed by atoms with Crippen LogP contribution >= 0.6 is 0 Å². The molecule has 179 valence electrons. The number of hydrogen-bond donors (Lipinski definition) is 0. The minimum Gasteiger partial charge on any atom is -0.496 e. The van der Waals surface area contributed by atoms with E-state index in [-0.39, 0.29) is 10.6 Å². The van der Waals surface area contributed by atoms with Gasteiger partial charge >= 0.3 is 10.1 Å². The van der Waals surface area contributed by atoms with Gasteiger partial charge in [0, 0.05) is 18.6 Å². The maximum atomic E-state index is 12.7. The van der Waals surface area contributed by atoms with E-state index in [0.29, 0.717) is 28.6 Å². The molecule has 0 aliphatic rings. The summed E-state index contributed by atoms with van der Waals surface area (Å²) < 4.78 is 52.4. The summed E-state index contributed by atoms with van der Waals surface area (Å²) >= 11 is 0. The summed E-state index contributed by atoms with van der Waals surface area (Å²) in [6.07, 6.45) is 5.42. The van der Waals surface area contributed by atoms with Crippen LogP contribution in [0.3, 0.4) is 0 Å². The van der Waals surface area contributed by atoms with Gasteiger partial charge in [-0.3, -0.25) is 0 Å². The molecular formula is C26H27O7S. The Balaban J connectivity index is 1.85. The van der Waals surface area contributed by atoms with Gasteiger partial charge in [-0.05, 0) is 36.8 Å². The van der Waals surface area contributed by atoms with E-state index in [1.54, 1.807) is 76.3 Å². The van der Waals surface area contributed by atoms with Gasteiger partial charge in [-0.25, -0.2) is 0 Å². The first-order valence-corrected chi connectivity index (χ1v) is 11.7. The SMILES string of the molecule is COc1cc(OC)c(/C=C/[CH]c2ccc(OC)c(OS(=O)(=O)c3ccc(C)cc3)c2)c(OC)c1. The largest absolute Gasteiger partial charge is 0.496 e. The Morgan fingerprint density at radius 3 is 1.88 bits per heavy atom. The lowest BCUT2D eigenvalue weighted by molar-refractivity contribution is 0.374. The van der Waals surface area contributed by atoms with E-state index in [1.807, 2.05) is 13.0 Å². The monoisotopic (exact) mass is 483 g/mol. The third kappa shape index (κ3) is 5.82. The van der Waals surface area contributed by atoms with E-state index in [4.69, 9.17) is 23.1 Å². The van der Waals surface area contributed by atoms with Gasteiger partial charge in [-0.15, -0.1) is 0 Å². The molecule has 3 aromatic carbocycles. The van der Waals surface area contributed by atoms with E-state index in [0.717, 1.165) is 11.1 Å². The Morgan fingerprint density at radius 1 is 0.706 bits per heavy atom. The molecule has 0 saturated heterocycles. The Bertz CT molecular complexity index is 1240. The quantitative estimate of drug-likeness (QED) is 0.373. The summed E-state index contributed by atoms with van der Waals surface area (Å²) in [5.41, 5.74) is 2.39. The van der Waals surface area contributed by atoms with E-state index in [9.17, 15) is 8.42 Å². The molecule has 34 heavy (non-hydrogen) atoms. The molecule has 0 N–H and O–H groups in total. The average Bonchev–Trinajstić information content (AvgIpc) is 2.84. The second-order valence-electron chi connectivity index (χ2n) is 7.23. The first-order valence-electron chi connectivity index (χ1n) is 10.3. The van der Waals surface area contributed by atoms with Crippen LogP contribution in [0, 0.1) is 13.3 Å². The van der Waals surface area contributed by atoms with Crippen molar-refractivity contribution in [1.29, 1.82) is 0 Å². The summed E-state index contributed by atoms with van der Waals surface area (Å²) in [4.78, 5) is 0.0631. The molecule has 0 aliphatic carbocycles. The van der Waals surface area contributed by atoms with Crippen molar-refractivity contribution >= 4 is 16.2 Å². The van der Waals surface area contributed by atoms with Crippen molar-refractivity contribution in [1.82, 2.24) is 0 Å². The number of rotatable bonds is 10. The van der Waals surface area contributed by atoms with Crippen molar-refractivity contribution in [2.45, 2.75) is 11.8 Å². The van der Waals surface area contributed by atoms with Crippen LogP contribution in [0.1, 0.15) is 16.7 Å². The van der Waals surface area contributed by atoms with Crippen LogP contribution in [0.5, 0.6) is 28.7 Å². The third-order valence-corrected chi connectivity index (χ3v) is 6.25. The summed E-state index contributed by atoms with van der Waals surface area (Å²) in [6, 6.07) is 15.0. The molecule has 0 bridgehead atoms. The zero-order valence-electron chi connectivity index (χ0n) is 19.7. The number of ether oxygens (including phenoxy) is 4. The number of aryl methyl sites for hydroxylation is 1. The first-order chi connectivity index (χ1) is 16.3. The second kappa shape index (κ2) is 11.0. The number of methoxy groups -OCH3 is 4. The second-order valence-corrected chi connectivity index (χ2v) is 8.78. The van der Waals surface area contributed by atoms with Crippen LogP contribution in [-0.4, -0.2) is 36.9 Å². The first kappa shape index (κ1) is 25.0. The molecule has 8 heteroatoms. The molecule has 0 spiro atoms. The predicted octanol–water partition coefficient (Wildman–Crippen LogP) is 5.06. The molecule has 0 heterocycles. The van der Waals surface area contributed by atoms with Crippen LogP contribution in [0.2, 0.25) is 0 Å². The number of hydrogen-bond acceptors (Lipinski definition) is 7. The van der Waals surface area contributed by atoms with Gasteiger partial charge in [0.1, 0.15) is 22.1 Å². The molecule has 0 fully saturated rings. The maximum Gasteiger partial charge on any atom is 0.339 e. The van der Waals surface area contributed by atoms with Crippen molar-refractivity contribution in [3.63, 3.8) is 0 Å². The van der Waals surface area contributed by atoms with E-state index >= 15 is 0 Å². The van der Waals surface area contributed by atoms with E-state index in [1.165, 1.54) is 19.2 Å². The van der Waals surface area contributed by atoms with Crippen molar-refractivity contribution in [2.75, 3.05) is 28.4 Å². The molecule has 3 aromatic rings. The van der Waals surface area contributed by atoms with Crippen LogP contribution in [0.4, 0.5) is 0 Å². The normalized spacial score (nSPS) is 11.3. The van der Waals surface area contributed by atoms with Crippen molar-refractivity contribution in [3.05, 3.63) is 83.8 Å². The van der Waals surface area contributed by atoms with E-state index in [2.05, 4.69) is 0 Å². The predicted molar refractivity (Wildman–Crippen MR) is 131 cm³/mol. The lowest BCUT2D eigenvalue weighted by Crippen LogP contribution is -2.10. The van der Waals surface area contributed by atoms with Gasteiger partial charge in [0.25, 0.3) is 0 Å². The fourth-order valence-corrected chi connectivity index (χ4v) is 4.12. The number of benzene rings is 3. The molecular weight excluding hydrogens is 456 g/mol. The highest BCUT2D eigenvalue weighted by molar-refractivity contribution is 7.87. The van der Waals surface area contributed by atoms with Crippen LogP contribution < -0.4 is 23.1 Å². The smallest absolute Gasteiger partial charge is 0.339 e. The van der Waals surface area contributed by atoms with Gasteiger partial charge in [0.05, 0.1) is 34.0 Å². The van der Waals surface area contributed by atoms with Crippen LogP contribution in [0.25, 0.3) is 6.08 Å². The van der Waals surface area contributed by atoms with Crippen LogP contribution in [-0.2, 0) is 10.1 Å². The molecule has 0 unspecified atom stereocenters. The Kier molecular flexibility index (Phi) is 8.07. The summed E-state index contributed by atoms with van der Waals surface area (Å²) in [7, 11) is 2.13. The summed E-state index contributed by atoms with van der Waals surface area (Å²) in [5.74, 6) is 2.18. The maximum absolute atomic E-state index is 12.7. The Morgan fingerprint density at radius 2 is 1.32 bits per heavy atom. The lowest BCUT2D eigenvalue weighted by atomic mass is 10.1. The zero-order chi connectivity index (χ0) is 24.7. The van der Waals surface area contributed by atoms with Gasteiger partial charge in [0.2, 0.25) is 0 Å². The van der Waals surface area contributed by atoms with Crippen LogP contribution in [0.15, 0.2) is 65.6 Å². The van der Waals surface area contributed by atoms with Crippen molar-refractivity contribution in [2.24, 2.45) is 0 Å². The molecule has 3 rings (SSSR count).